The van der Waals surface area contributed by atoms with Gasteiger partial charge >= 0.3 is 0 Å². The molecule has 4 heteroatoms. The molecule has 0 aliphatic carbocycles. The van der Waals surface area contributed by atoms with Crippen molar-refractivity contribution >= 4 is 8.32 Å². The fourth-order valence-electron chi connectivity index (χ4n) is 1.36. The lowest BCUT2D eigenvalue weighted by molar-refractivity contribution is 0.0226. The van der Waals surface area contributed by atoms with Crippen LogP contribution in [0.2, 0.25) is 18.1 Å². The van der Waals surface area contributed by atoms with Gasteiger partial charge in [-0.2, -0.15) is 0 Å². The summed E-state index contributed by atoms with van der Waals surface area (Å²) in [5, 5.41) is 3.63. The molecule has 1 N–H and O–H groups in total. The first-order valence-corrected chi connectivity index (χ1v) is 9.12. The van der Waals surface area contributed by atoms with Crippen LogP contribution in [0.5, 0.6) is 0 Å². The van der Waals surface area contributed by atoms with Crippen LogP contribution in [0.3, 0.4) is 0 Å². The Kier molecular flexibility index (Phi) is 4.79. The lowest BCUT2D eigenvalue weighted by atomic mass is 10.2. The van der Waals surface area contributed by atoms with Crippen LogP contribution >= 0.6 is 0 Å². The van der Waals surface area contributed by atoms with Crippen molar-refractivity contribution in [2.45, 2.75) is 51.0 Å². The van der Waals surface area contributed by atoms with Crippen LogP contribution in [0.4, 0.5) is 0 Å². The molecule has 17 heavy (non-hydrogen) atoms. The molecule has 0 radical (unpaired) electrons. The van der Waals surface area contributed by atoms with E-state index in [1.807, 2.05) is 0 Å². The van der Waals surface area contributed by atoms with Gasteiger partial charge in [0, 0.05) is 6.54 Å². The number of hydrogen-bond donors (Lipinski definition) is 1. The van der Waals surface area contributed by atoms with E-state index in [1.165, 1.54) is 0 Å². The maximum absolute atomic E-state index is 6.15. The van der Waals surface area contributed by atoms with E-state index in [0.29, 0.717) is 13.2 Å². The van der Waals surface area contributed by atoms with Crippen molar-refractivity contribution in [3.05, 3.63) is 0 Å². The molecule has 1 aliphatic heterocycles. The molecule has 1 fully saturated rings. The maximum atomic E-state index is 6.15. The minimum absolute atomic E-state index is 0.0841. The zero-order valence-corrected chi connectivity index (χ0v) is 12.7. The highest BCUT2D eigenvalue weighted by molar-refractivity contribution is 6.74. The van der Waals surface area contributed by atoms with Gasteiger partial charge in [0.05, 0.1) is 19.3 Å². The Morgan fingerprint density at radius 3 is 2.53 bits per heavy atom. The minimum Gasteiger partial charge on any atom is -0.415 e. The summed E-state index contributed by atoms with van der Waals surface area (Å²) in [6.45, 7) is 13.4. The third-order valence-corrected chi connectivity index (χ3v) is 8.23. The summed E-state index contributed by atoms with van der Waals surface area (Å²) in [7, 11) is -1.65. The number of hydrogen-bond acceptors (Lipinski definition) is 3. The van der Waals surface area contributed by atoms with Gasteiger partial charge in [0.2, 0.25) is 0 Å². The normalized spacial score (nSPS) is 26.6. The second kappa shape index (κ2) is 5.53. The highest BCUT2D eigenvalue weighted by Crippen LogP contribution is 2.36. The Bertz CT molecular complexity index is 283. The molecule has 1 rings (SSSR count). The van der Waals surface area contributed by atoms with Gasteiger partial charge in [-0.3, -0.25) is 0 Å². The summed E-state index contributed by atoms with van der Waals surface area (Å²) in [6, 6.07) is 0.272. The molecule has 0 aromatic rings. The number of nitrogens with one attached hydrogen (secondary N) is 1. The lowest BCUT2D eigenvalue weighted by Gasteiger charge is -2.38. The summed E-state index contributed by atoms with van der Waals surface area (Å²) in [6.07, 6.45) is 5.23. The minimum atomic E-state index is -1.65. The van der Waals surface area contributed by atoms with Crippen molar-refractivity contribution in [2.75, 3.05) is 19.8 Å². The molecule has 0 spiro atoms. The molecular formula is C13H25NO2Si. The van der Waals surface area contributed by atoms with Gasteiger partial charge in [-0.25, -0.2) is 0 Å². The quantitative estimate of drug-likeness (QED) is 0.618. The van der Waals surface area contributed by atoms with Crippen LogP contribution < -0.4 is 5.32 Å². The summed E-state index contributed by atoms with van der Waals surface area (Å²) in [5.74, 6) is 2.60. The zero-order valence-electron chi connectivity index (χ0n) is 11.7. The Hall–Kier alpha value is -0.343. The SMILES string of the molecule is C#C[C@@H]1CN[C@H](CO[Si](C)(C)C(C)(C)C)CO1. The molecule has 0 amide bonds. The second-order valence-corrected chi connectivity index (χ2v) is 11.0. The third-order valence-electron chi connectivity index (χ3n) is 3.73. The molecule has 2 atom stereocenters. The number of ether oxygens (including phenoxy) is 1. The van der Waals surface area contributed by atoms with Gasteiger partial charge < -0.3 is 14.5 Å². The zero-order chi connectivity index (χ0) is 13.1. The summed E-state index contributed by atoms with van der Waals surface area (Å²) < 4.78 is 11.7. The smallest absolute Gasteiger partial charge is 0.192 e. The Morgan fingerprint density at radius 1 is 1.47 bits per heavy atom. The molecule has 1 heterocycles. The van der Waals surface area contributed by atoms with Gasteiger partial charge in [0.15, 0.2) is 8.32 Å². The van der Waals surface area contributed by atoms with Crippen LogP contribution in [-0.4, -0.2) is 40.2 Å². The molecule has 0 bridgehead atoms. The number of morpholine rings is 1. The van der Waals surface area contributed by atoms with E-state index < -0.39 is 8.32 Å². The first-order chi connectivity index (χ1) is 7.76. The van der Waals surface area contributed by atoms with E-state index in [-0.39, 0.29) is 17.2 Å². The molecule has 1 aliphatic rings. The van der Waals surface area contributed by atoms with Gasteiger partial charge in [-0.15, -0.1) is 6.42 Å². The maximum Gasteiger partial charge on any atom is 0.192 e. The number of rotatable bonds is 3. The van der Waals surface area contributed by atoms with Crippen molar-refractivity contribution < 1.29 is 9.16 Å². The first-order valence-electron chi connectivity index (χ1n) is 6.21. The topological polar surface area (TPSA) is 30.5 Å². The Morgan fingerprint density at radius 2 is 2.12 bits per heavy atom. The van der Waals surface area contributed by atoms with E-state index >= 15 is 0 Å². The molecule has 1 saturated heterocycles. The highest BCUT2D eigenvalue weighted by atomic mass is 28.4. The molecule has 0 saturated carbocycles. The van der Waals surface area contributed by atoms with Crippen molar-refractivity contribution in [2.24, 2.45) is 0 Å². The first kappa shape index (κ1) is 14.7. The van der Waals surface area contributed by atoms with Crippen LogP contribution in [-0.2, 0) is 9.16 Å². The van der Waals surface area contributed by atoms with Crippen molar-refractivity contribution in [1.29, 1.82) is 0 Å². The van der Waals surface area contributed by atoms with E-state index in [9.17, 15) is 0 Å². The largest absolute Gasteiger partial charge is 0.415 e. The summed E-state index contributed by atoms with van der Waals surface area (Å²) in [5.41, 5.74) is 0. The average Bonchev–Trinajstić information content (AvgIpc) is 2.25. The Balaban J connectivity index is 2.36. The molecule has 98 valence electrons. The van der Waals surface area contributed by atoms with Gasteiger partial charge in [-0.05, 0) is 18.1 Å². The predicted octanol–water partition coefficient (Wildman–Crippen LogP) is 2.00. The predicted molar refractivity (Wildman–Crippen MR) is 73.5 cm³/mol. The van der Waals surface area contributed by atoms with Crippen molar-refractivity contribution in [1.82, 2.24) is 5.32 Å². The van der Waals surface area contributed by atoms with Crippen LogP contribution in [0.25, 0.3) is 0 Å². The fraction of sp³-hybridized carbons (Fsp3) is 0.846. The van der Waals surface area contributed by atoms with E-state index in [1.54, 1.807) is 0 Å². The molecule has 0 aromatic heterocycles. The van der Waals surface area contributed by atoms with Crippen molar-refractivity contribution in [3.63, 3.8) is 0 Å². The fourth-order valence-corrected chi connectivity index (χ4v) is 2.41. The molecule has 0 unspecified atom stereocenters. The lowest BCUT2D eigenvalue weighted by Crippen LogP contribution is -2.51. The summed E-state index contributed by atoms with van der Waals surface area (Å²) in [4.78, 5) is 0. The molecular weight excluding hydrogens is 230 g/mol. The van der Waals surface area contributed by atoms with Gasteiger partial charge in [0.25, 0.3) is 0 Å². The van der Waals surface area contributed by atoms with E-state index in [2.05, 4.69) is 45.1 Å². The van der Waals surface area contributed by atoms with Gasteiger partial charge in [-0.1, -0.05) is 26.7 Å². The molecule has 0 aromatic carbocycles. The third kappa shape index (κ3) is 4.11. The molecule has 3 nitrogen and oxygen atoms in total. The Labute approximate surface area is 106 Å². The van der Waals surface area contributed by atoms with E-state index in [4.69, 9.17) is 15.6 Å². The standard InChI is InChI=1S/C13H25NO2Si/c1-7-12-8-14-11(9-15-12)10-16-17(5,6)13(2,3)4/h1,11-12,14H,8-10H2,2-6H3/t11-,12+/m0/s1. The highest BCUT2D eigenvalue weighted by Gasteiger charge is 2.37. The van der Waals surface area contributed by atoms with Crippen LogP contribution in [0.1, 0.15) is 20.8 Å². The van der Waals surface area contributed by atoms with Crippen LogP contribution in [0, 0.1) is 12.3 Å². The average molecular weight is 255 g/mol. The van der Waals surface area contributed by atoms with E-state index in [0.717, 1.165) is 6.54 Å². The monoisotopic (exact) mass is 255 g/mol. The number of terminal acetylenes is 1. The summed E-state index contributed by atoms with van der Waals surface area (Å²) >= 11 is 0. The van der Waals surface area contributed by atoms with Crippen LogP contribution in [0.15, 0.2) is 0 Å². The van der Waals surface area contributed by atoms with Crippen molar-refractivity contribution in [3.8, 4) is 12.3 Å². The van der Waals surface area contributed by atoms with Gasteiger partial charge in [0.1, 0.15) is 6.10 Å². The second-order valence-electron chi connectivity index (χ2n) is 6.17.